The highest BCUT2D eigenvalue weighted by molar-refractivity contribution is 5.44. The van der Waals surface area contributed by atoms with Crippen molar-refractivity contribution in [1.29, 1.82) is 0 Å². The van der Waals surface area contributed by atoms with Crippen LogP contribution < -0.4 is 4.74 Å². The Balaban J connectivity index is 1.41. The van der Waals surface area contributed by atoms with Crippen molar-refractivity contribution in [2.45, 2.75) is 58.3 Å². The molecule has 0 unspecified atom stereocenters. The minimum atomic E-state index is -0.239. The number of hydrogen-bond acceptors (Lipinski definition) is 1. The fraction of sp³-hybridized carbons (Fsp3) is 0.462. The van der Waals surface area contributed by atoms with Crippen LogP contribution in [0.15, 0.2) is 48.5 Å². The third kappa shape index (κ3) is 6.71. The van der Waals surface area contributed by atoms with Gasteiger partial charge in [0.1, 0.15) is 11.6 Å². The molecule has 0 heterocycles. The maximum Gasteiger partial charge on any atom is 0.123 e. The monoisotopic (exact) mass is 378 g/mol. The molecule has 148 valence electrons. The first-order valence-corrected chi connectivity index (χ1v) is 10.7. The topological polar surface area (TPSA) is 9.23 Å². The number of rotatable bonds is 7. The summed E-state index contributed by atoms with van der Waals surface area (Å²) < 4.78 is 18.9. The van der Waals surface area contributed by atoms with Crippen LogP contribution in [0.3, 0.4) is 0 Å². The highest BCUT2D eigenvalue weighted by Crippen LogP contribution is 2.32. The van der Waals surface area contributed by atoms with Crippen LogP contribution in [0.5, 0.6) is 5.75 Å². The van der Waals surface area contributed by atoms with Crippen LogP contribution in [-0.2, 0) is 0 Å². The van der Waals surface area contributed by atoms with Gasteiger partial charge in [0.25, 0.3) is 0 Å². The second-order valence-electron chi connectivity index (χ2n) is 7.97. The fourth-order valence-corrected chi connectivity index (χ4v) is 3.90. The van der Waals surface area contributed by atoms with E-state index in [2.05, 4.69) is 18.8 Å². The molecule has 1 saturated carbocycles. The summed E-state index contributed by atoms with van der Waals surface area (Å²) in [4.78, 5) is 0. The molecule has 2 aromatic rings. The zero-order valence-electron chi connectivity index (χ0n) is 16.9. The van der Waals surface area contributed by atoms with Gasteiger partial charge >= 0.3 is 0 Å². The Kier molecular flexibility index (Phi) is 7.97. The van der Waals surface area contributed by atoms with E-state index in [1.165, 1.54) is 63.5 Å². The van der Waals surface area contributed by atoms with Crippen LogP contribution in [-0.4, -0.2) is 6.61 Å². The van der Waals surface area contributed by atoms with Gasteiger partial charge in [-0.2, -0.15) is 0 Å². The van der Waals surface area contributed by atoms with Crippen molar-refractivity contribution < 1.29 is 9.13 Å². The molecule has 2 aromatic carbocycles. The molecule has 0 saturated heterocycles. The summed E-state index contributed by atoms with van der Waals surface area (Å²) in [6, 6.07) is 14.2. The minimum absolute atomic E-state index is 0.239. The van der Waals surface area contributed by atoms with E-state index in [9.17, 15) is 4.39 Å². The largest absolute Gasteiger partial charge is 0.493 e. The number of ether oxygens (including phenoxy) is 1. The predicted molar refractivity (Wildman–Crippen MR) is 114 cm³/mol. The van der Waals surface area contributed by atoms with E-state index < -0.39 is 0 Å². The van der Waals surface area contributed by atoms with E-state index in [1.807, 2.05) is 24.3 Å². The van der Waals surface area contributed by atoms with E-state index in [0.717, 1.165) is 29.4 Å². The molecule has 1 aliphatic carbocycles. The Labute approximate surface area is 169 Å². The minimum Gasteiger partial charge on any atom is -0.493 e. The van der Waals surface area contributed by atoms with Crippen molar-refractivity contribution >= 4 is 0 Å². The maximum atomic E-state index is 12.9. The lowest BCUT2D eigenvalue weighted by molar-refractivity contribution is 0.177. The maximum absolute atomic E-state index is 12.9. The number of hydrogen-bond donors (Lipinski definition) is 0. The van der Waals surface area contributed by atoms with Gasteiger partial charge < -0.3 is 4.74 Å². The Hall–Kier alpha value is -2.27. The molecule has 0 atom stereocenters. The van der Waals surface area contributed by atoms with Crippen molar-refractivity contribution in [2.75, 3.05) is 6.61 Å². The molecule has 0 aromatic heterocycles. The number of benzene rings is 2. The van der Waals surface area contributed by atoms with Crippen LogP contribution >= 0.6 is 0 Å². The summed E-state index contributed by atoms with van der Waals surface area (Å²) >= 11 is 0. The number of halogens is 1. The molecular weight excluding hydrogens is 347 g/mol. The molecule has 2 heteroatoms. The Bertz CT molecular complexity index is 759. The molecule has 0 bridgehead atoms. The normalized spacial score (nSPS) is 18.9. The summed E-state index contributed by atoms with van der Waals surface area (Å²) in [7, 11) is 0. The van der Waals surface area contributed by atoms with Gasteiger partial charge in [-0.25, -0.2) is 4.39 Å². The van der Waals surface area contributed by atoms with Crippen LogP contribution in [0.1, 0.15) is 69.4 Å². The zero-order valence-corrected chi connectivity index (χ0v) is 16.9. The second kappa shape index (κ2) is 10.9. The molecule has 0 aliphatic heterocycles. The average molecular weight is 379 g/mol. The van der Waals surface area contributed by atoms with E-state index in [1.54, 1.807) is 12.1 Å². The van der Waals surface area contributed by atoms with Gasteiger partial charge in [0.2, 0.25) is 0 Å². The Morgan fingerprint density at radius 2 is 1.39 bits per heavy atom. The van der Waals surface area contributed by atoms with Gasteiger partial charge in [0.05, 0.1) is 6.61 Å². The molecule has 0 radical (unpaired) electrons. The molecular formula is C26H31FO. The van der Waals surface area contributed by atoms with E-state index in [4.69, 9.17) is 4.74 Å². The highest BCUT2D eigenvalue weighted by Gasteiger charge is 2.21. The van der Waals surface area contributed by atoms with Crippen LogP contribution in [0.25, 0.3) is 0 Å². The smallest absolute Gasteiger partial charge is 0.123 e. The summed E-state index contributed by atoms with van der Waals surface area (Å²) in [5.41, 5.74) is 1.75. The first-order chi connectivity index (χ1) is 13.7. The third-order valence-electron chi connectivity index (χ3n) is 5.72. The third-order valence-corrected chi connectivity index (χ3v) is 5.72. The van der Waals surface area contributed by atoms with E-state index >= 15 is 0 Å². The lowest BCUT2D eigenvalue weighted by Crippen LogP contribution is -2.20. The Morgan fingerprint density at radius 3 is 2.00 bits per heavy atom. The molecule has 0 spiro atoms. The zero-order chi connectivity index (χ0) is 19.6. The molecule has 0 amide bonds. The summed E-state index contributed by atoms with van der Waals surface area (Å²) in [6.07, 6.45) is 10.9. The SMILES string of the molecule is CCCCC[C@H]1CC[C@H](COc2ccc(C#Cc3ccc(F)cc3)cc2)CC1. The standard InChI is InChI=1S/C26H31FO/c1-2-3-4-5-21-8-10-24(11-9-21)20-28-26-18-14-23(15-19-26)7-6-22-12-16-25(27)17-13-22/h12-19,21,24H,2-5,8-11,20H2,1H3/t21-,24-. The van der Waals surface area contributed by atoms with E-state index in [-0.39, 0.29) is 5.82 Å². The fourth-order valence-electron chi connectivity index (χ4n) is 3.90. The highest BCUT2D eigenvalue weighted by atomic mass is 19.1. The molecule has 1 nitrogen and oxygen atoms in total. The lowest BCUT2D eigenvalue weighted by Gasteiger charge is -2.28. The van der Waals surface area contributed by atoms with Crippen molar-refractivity contribution in [3.63, 3.8) is 0 Å². The van der Waals surface area contributed by atoms with Gasteiger partial charge in [0.15, 0.2) is 0 Å². The van der Waals surface area contributed by atoms with Crippen LogP contribution in [0, 0.1) is 29.5 Å². The molecule has 28 heavy (non-hydrogen) atoms. The van der Waals surface area contributed by atoms with Crippen LogP contribution in [0.4, 0.5) is 4.39 Å². The summed E-state index contributed by atoms with van der Waals surface area (Å²) in [6.45, 7) is 3.10. The van der Waals surface area contributed by atoms with Crippen LogP contribution in [0.2, 0.25) is 0 Å². The quantitative estimate of drug-likeness (QED) is 0.372. The van der Waals surface area contributed by atoms with Gasteiger partial charge in [-0.3, -0.25) is 0 Å². The second-order valence-corrected chi connectivity index (χ2v) is 7.97. The van der Waals surface area contributed by atoms with Crippen molar-refractivity contribution in [3.05, 3.63) is 65.5 Å². The molecule has 0 N–H and O–H groups in total. The van der Waals surface area contributed by atoms with Crippen molar-refractivity contribution in [1.82, 2.24) is 0 Å². The van der Waals surface area contributed by atoms with Gasteiger partial charge in [-0.05, 0) is 73.2 Å². The molecule has 1 aliphatic rings. The first-order valence-electron chi connectivity index (χ1n) is 10.7. The Morgan fingerprint density at radius 1 is 0.821 bits per heavy atom. The van der Waals surface area contributed by atoms with Crippen molar-refractivity contribution in [3.8, 4) is 17.6 Å². The first kappa shape index (κ1) is 20.5. The van der Waals surface area contributed by atoms with Gasteiger partial charge in [0, 0.05) is 11.1 Å². The van der Waals surface area contributed by atoms with Gasteiger partial charge in [-0.1, -0.05) is 57.3 Å². The number of unbranched alkanes of at least 4 members (excludes halogenated alkanes) is 2. The van der Waals surface area contributed by atoms with Gasteiger partial charge in [-0.15, -0.1) is 0 Å². The summed E-state index contributed by atoms with van der Waals surface area (Å²) in [5.74, 6) is 8.48. The molecule has 1 fully saturated rings. The predicted octanol–water partition coefficient (Wildman–Crippen LogP) is 6.99. The molecule has 3 rings (SSSR count). The average Bonchev–Trinajstić information content (AvgIpc) is 2.74. The van der Waals surface area contributed by atoms with Crippen molar-refractivity contribution in [2.24, 2.45) is 11.8 Å². The van der Waals surface area contributed by atoms with E-state index in [0.29, 0.717) is 5.92 Å². The summed E-state index contributed by atoms with van der Waals surface area (Å²) in [5, 5.41) is 0. The lowest BCUT2D eigenvalue weighted by atomic mass is 9.80.